The van der Waals surface area contributed by atoms with Gasteiger partial charge in [-0.3, -0.25) is 9.78 Å². The quantitative estimate of drug-likeness (QED) is 0.651. The van der Waals surface area contributed by atoms with E-state index in [0.717, 1.165) is 16.5 Å². The second-order valence-electron chi connectivity index (χ2n) is 4.72. The van der Waals surface area contributed by atoms with Gasteiger partial charge >= 0.3 is 0 Å². The highest BCUT2D eigenvalue weighted by atomic mass is 35.5. The van der Waals surface area contributed by atoms with Gasteiger partial charge in [-0.05, 0) is 42.8 Å². The summed E-state index contributed by atoms with van der Waals surface area (Å²) in [5, 5.41) is 1.43. The minimum atomic E-state index is -0.0331. The molecule has 98 valence electrons. The molecule has 0 bridgehead atoms. The zero-order valence-electron chi connectivity index (χ0n) is 10.9. The Morgan fingerprint density at radius 3 is 2.75 bits per heavy atom. The number of pyridine rings is 1. The molecule has 0 aliphatic heterocycles. The van der Waals surface area contributed by atoms with Gasteiger partial charge in [0.1, 0.15) is 0 Å². The third-order valence-corrected chi connectivity index (χ3v) is 3.41. The van der Waals surface area contributed by atoms with Gasteiger partial charge in [0.05, 0.1) is 5.52 Å². The first-order valence-electron chi connectivity index (χ1n) is 6.31. The van der Waals surface area contributed by atoms with Gasteiger partial charge in [-0.15, -0.1) is 0 Å². The normalized spacial score (nSPS) is 10.7. The molecule has 3 aromatic rings. The van der Waals surface area contributed by atoms with Crippen LogP contribution in [0.25, 0.3) is 10.9 Å². The molecule has 0 saturated heterocycles. The fourth-order valence-corrected chi connectivity index (χ4v) is 2.61. The van der Waals surface area contributed by atoms with E-state index in [1.807, 2.05) is 49.4 Å². The van der Waals surface area contributed by atoms with E-state index < -0.39 is 0 Å². The van der Waals surface area contributed by atoms with E-state index in [1.54, 1.807) is 12.3 Å². The Balaban J connectivity index is 2.17. The van der Waals surface area contributed by atoms with Crippen molar-refractivity contribution in [2.45, 2.75) is 6.92 Å². The van der Waals surface area contributed by atoms with Crippen LogP contribution in [0.1, 0.15) is 21.5 Å². The van der Waals surface area contributed by atoms with Crippen LogP contribution in [0.4, 0.5) is 0 Å². The van der Waals surface area contributed by atoms with E-state index in [1.165, 1.54) is 0 Å². The first kappa shape index (κ1) is 12.8. The number of aromatic nitrogens is 1. The highest BCUT2D eigenvalue weighted by Gasteiger charge is 2.13. The van der Waals surface area contributed by atoms with Gasteiger partial charge in [0, 0.05) is 27.7 Å². The van der Waals surface area contributed by atoms with Crippen LogP contribution < -0.4 is 0 Å². The molecule has 20 heavy (non-hydrogen) atoms. The summed E-state index contributed by atoms with van der Waals surface area (Å²) in [7, 11) is 0. The number of fused-ring (bicyclic) bond motifs is 1. The molecule has 1 aromatic heterocycles. The Morgan fingerprint density at radius 2 is 1.95 bits per heavy atom. The first-order valence-corrected chi connectivity index (χ1v) is 6.68. The Labute approximate surface area is 122 Å². The van der Waals surface area contributed by atoms with Gasteiger partial charge in [-0.1, -0.05) is 29.8 Å². The molecular formula is C17H12ClNO. The minimum Gasteiger partial charge on any atom is -0.289 e. The Kier molecular flexibility index (Phi) is 3.25. The molecule has 0 aliphatic rings. The predicted octanol–water partition coefficient (Wildman–Crippen LogP) is 4.43. The molecule has 3 heteroatoms. The van der Waals surface area contributed by atoms with Crippen LogP contribution in [0.15, 0.2) is 54.7 Å². The smallest absolute Gasteiger partial charge is 0.193 e. The summed E-state index contributed by atoms with van der Waals surface area (Å²) in [5.41, 5.74) is 3.04. The molecule has 1 heterocycles. The third kappa shape index (κ3) is 2.30. The number of hydrogen-bond acceptors (Lipinski definition) is 2. The molecule has 0 saturated carbocycles. The maximum absolute atomic E-state index is 12.7. The molecule has 0 atom stereocenters. The van der Waals surface area contributed by atoms with Gasteiger partial charge in [-0.2, -0.15) is 0 Å². The van der Waals surface area contributed by atoms with Crippen LogP contribution in [0, 0.1) is 6.92 Å². The lowest BCUT2D eigenvalue weighted by Gasteiger charge is -2.06. The summed E-state index contributed by atoms with van der Waals surface area (Å²) in [6.45, 7) is 1.92. The minimum absolute atomic E-state index is 0.0331. The van der Waals surface area contributed by atoms with E-state index in [0.29, 0.717) is 16.1 Å². The molecule has 0 N–H and O–H groups in total. The van der Waals surface area contributed by atoms with Crippen molar-refractivity contribution in [3.8, 4) is 0 Å². The molecule has 0 radical (unpaired) electrons. The summed E-state index contributed by atoms with van der Waals surface area (Å²) in [6, 6.07) is 14.7. The molecule has 0 amide bonds. The lowest BCUT2D eigenvalue weighted by Crippen LogP contribution is -2.03. The van der Waals surface area contributed by atoms with E-state index in [-0.39, 0.29) is 5.78 Å². The monoisotopic (exact) mass is 281 g/mol. The lowest BCUT2D eigenvalue weighted by atomic mass is 9.98. The van der Waals surface area contributed by atoms with Crippen molar-refractivity contribution in [3.05, 3.63) is 76.4 Å². The van der Waals surface area contributed by atoms with Crippen molar-refractivity contribution in [2.24, 2.45) is 0 Å². The van der Waals surface area contributed by atoms with Crippen molar-refractivity contribution < 1.29 is 4.79 Å². The van der Waals surface area contributed by atoms with Crippen molar-refractivity contribution in [3.63, 3.8) is 0 Å². The maximum Gasteiger partial charge on any atom is 0.193 e. The molecular weight excluding hydrogens is 270 g/mol. The number of carbonyl (C=O) groups excluding carboxylic acids is 1. The molecule has 3 rings (SSSR count). The average Bonchev–Trinajstić information content (AvgIpc) is 2.45. The first-order chi connectivity index (χ1) is 9.65. The van der Waals surface area contributed by atoms with Gasteiger partial charge in [0.15, 0.2) is 5.78 Å². The molecule has 0 fully saturated rings. The average molecular weight is 282 g/mol. The Morgan fingerprint density at radius 1 is 1.10 bits per heavy atom. The summed E-state index contributed by atoms with van der Waals surface area (Å²) < 4.78 is 0. The Bertz CT molecular complexity index is 785. The van der Waals surface area contributed by atoms with E-state index >= 15 is 0 Å². The van der Waals surface area contributed by atoms with Crippen molar-refractivity contribution in [1.82, 2.24) is 4.98 Å². The van der Waals surface area contributed by atoms with Crippen LogP contribution >= 0.6 is 11.6 Å². The molecule has 2 aromatic carbocycles. The highest BCUT2D eigenvalue weighted by molar-refractivity contribution is 6.31. The van der Waals surface area contributed by atoms with Crippen molar-refractivity contribution in [2.75, 3.05) is 0 Å². The zero-order chi connectivity index (χ0) is 14.1. The number of halogens is 1. The second kappa shape index (κ2) is 5.06. The topological polar surface area (TPSA) is 30.0 Å². The summed E-state index contributed by atoms with van der Waals surface area (Å²) in [6.07, 6.45) is 1.72. The molecule has 0 aliphatic carbocycles. The van der Waals surface area contributed by atoms with Crippen LogP contribution in [0.2, 0.25) is 5.02 Å². The summed E-state index contributed by atoms with van der Waals surface area (Å²) >= 11 is 6.04. The summed E-state index contributed by atoms with van der Waals surface area (Å²) in [4.78, 5) is 17.0. The SMILES string of the molecule is Cc1cc(Cl)cc(C(=O)c2cccc3ncccc23)c1. The number of aryl methyl sites for hydroxylation is 1. The third-order valence-electron chi connectivity index (χ3n) is 3.19. The van der Waals surface area contributed by atoms with E-state index in [9.17, 15) is 4.79 Å². The highest BCUT2D eigenvalue weighted by Crippen LogP contribution is 2.22. The fourth-order valence-electron chi connectivity index (χ4n) is 2.32. The molecule has 2 nitrogen and oxygen atoms in total. The van der Waals surface area contributed by atoms with E-state index in [2.05, 4.69) is 4.98 Å². The number of benzene rings is 2. The van der Waals surface area contributed by atoms with E-state index in [4.69, 9.17) is 11.6 Å². The summed E-state index contributed by atoms with van der Waals surface area (Å²) in [5.74, 6) is -0.0331. The van der Waals surface area contributed by atoms with Crippen molar-refractivity contribution >= 4 is 28.3 Å². The second-order valence-corrected chi connectivity index (χ2v) is 5.16. The van der Waals surface area contributed by atoms with Crippen molar-refractivity contribution in [1.29, 1.82) is 0 Å². The largest absolute Gasteiger partial charge is 0.289 e. The van der Waals surface area contributed by atoms with Crippen LogP contribution in [-0.2, 0) is 0 Å². The maximum atomic E-state index is 12.7. The predicted molar refractivity (Wildman–Crippen MR) is 81.4 cm³/mol. The van der Waals surface area contributed by atoms with Gasteiger partial charge in [0.25, 0.3) is 0 Å². The number of carbonyl (C=O) groups is 1. The van der Waals surface area contributed by atoms with Crippen LogP contribution in [0.5, 0.6) is 0 Å². The standard InChI is InChI=1S/C17H12ClNO/c1-11-8-12(10-13(18)9-11)17(20)15-4-2-6-16-14(15)5-3-7-19-16/h2-10H,1H3. The molecule has 0 unspecified atom stereocenters. The zero-order valence-corrected chi connectivity index (χ0v) is 11.7. The van der Waals surface area contributed by atoms with Gasteiger partial charge in [-0.25, -0.2) is 0 Å². The number of ketones is 1. The number of nitrogens with zero attached hydrogens (tertiary/aromatic N) is 1. The number of rotatable bonds is 2. The van der Waals surface area contributed by atoms with Gasteiger partial charge < -0.3 is 0 Å². The van der Waals surface area contributed by atoms with Crippen LogP contribution in [0.3, 0.4) is 0 Å². The van der Waals surface area contributed by atoms with Gasteiger partial charge in [0.2, 0.25) is 0 Å². The van der Waals surface area contributed by atoms with Crippen LogP contribution in [-0.4, -0.2) is 10.8 Å². The fraction of sp³-hybridized carbons (Fsp3) is 0.0588. The Hall–Kier alpha value is -2.19. The lowest BCUT2D eigenvalue weighted by molar-refractivity contribution is 0.104. The number of hydrogen-bond donors (Lipinski definition) is 0. The molecule has 0 spiro atoms.